The molecule has 0 bridgehead atoms. The number of nitrogens with zero attached hydrogens (tertiary/aromatic N) is 2. The molecule has 1 saturated carbocycles. The van der Waals surface area contributed by atoms with Gasteiger partial charge in [-0.05, 0) is 36.6 Å². The molecule has 1 aliphatic rings. The summed E-state index contributed by atoms with van der Waals surface area (Å²) >= 11 is 0. The lowest BCUT2D eigenvalue weighted by atomic mass is 9.95. The van der Waals surface area contributed by atoms with E-state index in [1.165, 1.54) is 19.3 Å². The van der Waals surface area contributed by atoms with Gasteiger partial charge >= 0.3 is 0 Å². The lowest BCUT2D eigenvalue weighted by Gasteiger charge is -2.21. The minimum Gasteiger partial charge on any atom is -0.350 e. The molecule has 1 aliphatic carbocycles. The van der Waals surface area contributed by atoms with Crippen LogP contribution in [0, 0.1) is 0 Å². The Morgan fingerprint density at radius 1 is 1.18 bits per heavy atom. The first kappa shape index (κ1) is 14.6. The van der Waals surface area contributed by atoms with Gasteiger partial charge in [0, 0.05) is 30.2 Å². The number of rotatable bonds is 4. The molecule has 2 aromatic rings. The predicted octanol–water partition coefficient (Wildman–Crippen LogP) is 3.33. The molecule has 0 aliphatic heterocycles. The number of nitrogens with one attached hydrogen (secondary N) is 1. The largest absolute Gasteiger partial charge is 0.350 e. The van der Waals surface area contributed by atoms with E-state index in [0.29, 0.717) is 6.04 Å². The maximum absolute atomic E-state index is 11.9. The minimum absolute atomic E-state index is 0.00517. The van der Waals surface area contributed by atoms with Crippen LogP contribution in [0.4, 0.5) is 0 Å². The molecule has 22 heavy (non-hydrogen) atoms. The van der Waals surface area contributed by atoms with Gasteiger partial charge < -0.3 is 9.88 Å². The van der Waals surface area contributed by atoms with Gasteiger partial charge in [-0.3, -0.25) is 4.79 Å². The maximum atomic E-state index is 11.9. The number of hydrogen-bond acceptors (Lipinski definition) is 2. The molecule has 0 radical (unpaired) electrons. The van der Waals surface area contributed by atoms with Crippen molar-refractivity contribution in [3.8, 4) is 5.69 Å². The van der Waals surface area contributed by atoms with E-state index in [2.05, 4.69) is 10.3 Å². The van der Waals surface area contributed by atoms with Crippen LogP contribution in [0.5, 0.6) is 0 Å². The van der Waals surface area contributed by atoms with E-state index in [0.717, 1.165) is 24.1 Å². The maximum Gasteiger partial charge on any atom is 0.244 e. The average Bonchev–Trinajstić information content (AvgIpc) is 3.09. The van der Waals surface area contributed by atoms with Crippen LogP contribution in [0.2, 0.25) is 0 Å². The second-order valence-corrected chi connectivity index (χ2v) is 5.74. The number of hydrogen-bond donors (Lipinski definition) is 1. The van der Waals surface area contributed by atoms with Gasteiger partial charge in [0.1, 0.15) is 0 Å². The third-order valence-electron chi connectivity index (χ3n) is 4.07. The Morgan fingerprint density at radius 3 is 2.64 bits per heavy atom. The molecule has 1 aromatic heterocycles. The van der Waals surface area contributed by atoms with E-state index >= 15 is 0 Å². The highest BCUT2D eigenvalue weighted by molar-refractivity contribution is 5.91. The first-order valence-corrected chi connectivity index (χ1v) is 7.88. The summed E-state index contributed by atoms with van der Waals surface area (Å²) in [5, 5.41) is 3.08. The van der Waals surface area contributed by atoms with Crippen molar-refractivity contribution < 1.29 is 4.79 Å². The summed E-state index contributed by atoms with van der Waals surface area (Å²) in [5.74, 6) is 0.00517. The molecule has 0 saturated heterocycles. The van der Waals surface area contributed by atoms with Crippen LogP contribution in [0.15, 0.2) is 49.1 Å². The van der Waals surface area contributed by atoms with Crippen molar-refractivity contribution in [2.45, 2.75) is 38.1 Å². The zero-order valence-corrected chi connectivity index (χ0v) is 12.6. The fraction of sp³-hybridized carbons (Fsp3) is 0.333. The first-order chi connectivity index (χ1) is 10.8. The van der Waals surface area contributed by atoms with Gasteiger partial charge in [-0.15, -0.1) is 0 Å². The number of carbonyl (C=O) groups is 1. The lowest BCUT2D eigenvalue weighted by molar-refractivity contribution is -0.117. The lowest BCUT2D eigenvalue weighted by Crippen LogP contribution is -2.34. The summed E-state index contributed by atoms with van der Waals surface area (Å²) < 4.78 is 1.95. The van der Waals surface area contributed by atoms with E-state index in [1.807, 2.05) is 41.1 Å². The van der Waals surface area contributed by atoms with Crippen LogP contribution in [0.3, 0.4) is 0 Å². The standard InChI is InChI=1S/C18H21N3O/c22-18(20-16-4-2-1-3-5-16)11-8-15-6-9-17(10-7-15)21-13-12-19-14-21/h6-14,16H,1-5H2,(H,20,22)/b11-8+. The molecule has 0 spiro atoms. The predicted molar refractivity (Wildman–Crippen MR) is 87.6 cm³/mol. The van der Waals surface area contributed by atoms with Crippen LogP contribution in [-0.2, 0) is 4.79 Å². The van der Waals surface area contributed by atoms with Gasteiger partial charge in [-0.25, -0.2) is 4.98 Å². The monoisotopic (exact) mass is 295 g/mol. The molecule has 4 nitrogen and oxygen atoms in total. The zero-order chi connectivity index (χ0) is 15.2. The van der Waals surface area contributed by atoms with Crippen molar-refractivity contribution in [3.63, 3.8) is 0 Å². The van der Waals surface area contributed by atoms with E-state index in [1.54, 1.807) is 18.6 Å². The number of carbonyl (C=O) groups excluding carboxylic acids is 1. The summed E-state index contributed by atoms with van der Waals surface area (Å²) in [6, 6.07) is 8.38. The SMILES string of the molecule is O=C(/C=C/c1ccc(-n2ccnc2)cc1)NC1CCCCC1. The molecule has 1 heterocycles. The fourth-order valence-corrected chi connectivity index (χ4v) is 2.84. The molecular weight excluding hydrogens is 274 g/mol. The van der Waals surface area contributed by atoms with E-state index in [9.17, 15) is 4.79 Å². The molecule has 0 unspecified atom stereocenters. The normalized spacial score (nSPS) is 16.0. The zero-order valence-electron chi connectivity index (χ0n) is 12.6. The van der Waals surface area contributed by atoms with Crippen molar-refractivity contribution in [3.05, 3.63) is 54.6 Å². The first-order valence-electron chi connectivity index (χ1n) is 7.88. The summed E-state index contributed by atoms with van der Waals surface area (Å²) in [6.07, 6.45) is 14.9. The third-order valence-corrected chi connectivity index (χ3v) is 4.07. The molecule has 4 heteroatoms. The number of amides is 1. The van der Waals surface area contributed by atoms with Crippen LogP contribution in [0.1, 0.15) is 37.7 Å². The van der Waals surface area contributed by atoms with Crippen LogP contribution >= 0.6 is 0 Å². The Balaban J connectivity index is 1.56. The van der Waals surface area contributed by atoms with Crippen molar-refractivity contribution in [2.24, 2.45) is 0 Å². The number of imidazole rings is 1. The quantitative estimate of drug-likeness (QED) is 0.879. The van der Waals surface area contributed by atoms with Crippen molar-refractivity contribution >= 4 is 12.0 Å². The van der Waals surface area contributed by atoms with Gasteiger partial charge in [0.2, 0.25) is 5.91 Å². The van der Waals surface area contributed by atoms with Crippen LogP contribution in [-0.4, -0.2) is 21.5 Å². The Hall–Kier alpha value is -2.36. The third kappa shape index (κ3) is 3.85. The average molecular weight is 295 g/mol. The molecule has 1 N–H and O–H groups in total. The fourth-order valence-electron chi connectivity index (χ4n) is 2.84. The molecule has 114 valence electrons. The minimum atomic E-state index is 0.00517. The van der Waals surface area contributed by atoms with Gasteiger partial charge in [-0.2, -0.15) is 0 Å². The van der Waals surface area contributed by atoms with Crippen molar-refractivity contribution in [1.29, 1.82) is 0 Å². The molecule has 0 atom stereocenters. The molecule has 1 amide bonds. The van der Waals surface area contributed by atoms with Gasteiger partial charge in [-0.1, -0.05) is 31.4 Å². The van der Waals surface area contributed by atoms with Gasteiger partial charge in [0.05, 0.1) is 6.33 Å². The summed E-state index contributed by atoms with van der Waals surface area (Å²) in [5.41, 5.74) is 2.07. The summed E-state index contributed by atoms with van der Waals surface area (Å²) in [4.78, 5) is 16.0. The Bertz CT molecular complexity index is 623. The van der Waals surface area contributed by atoms with E-state index in [4.69, 9.17) is 0 Å². The molecule has 3 rings (SSSR count). The number of aromatic nitrogens is 2. The molecular formula is C18H21N3O. The van der Waals surface area contributed by atoms with Crippen LogP contribution < -0.4 is 5.32 Å². The number of benzene rings is 1. The molecule has 1 aromatic carbocycles. The van der Waals surface area contributed by atoms with Crippen molar-refractivity contribution in [2.75, 3.05) is 0 Å². The van der Waals surface area contributed by atoms with Crippen LogP contribution in [0.25, 0.3) is 11.8 Å². The van der Waals surface area contributed by atoms with Gasteiger partial charge in [0.15, 0.2) is 0 Å². The topological polar surface area (TPSA) is 46.9 Å². The van der Waals surface area contributed by atoms with Crippen molar-refractivity contribution in [1.82, 2.24) is 14.9 Å². The Kier molecular flexibility index (Phi) is 4.68. The highest BCUT2D eigenvalue weighted by Gasteiger charge is 2.13. The highest BCUT2D eigenvalue weighted by atomic mass is 16.1. The van der Waals surface area contributed by atoms with E-state index < -0.39 is 0 Å². The second kappa shape index (κ2) is 7.07. The Morgan fingerprint density at radius 2 is 1.95 bits per heavy atom. The van der Waals surface area contributed by atoms with E-state index in [-0.39, 0.29) is 5.91 Å². The Labute approximate surface area is 130 Å². The smallest absolute Gasteiger partial charge is 0.244 e. The highest BCUT2D eigenvalue weighted by Crippen LogP contribution is 2.17. The second-order valence-electron chi connectivity index (χ2n) is 5.74. The molecule has 1 fully saturated rings. The summed E-state index contributed by atoms with van der Waals surface area (Å²) in [7, 11) is 0. The summed E-state index contributed by atoms with van der Waals surface area (Å²) in [6.45, 7) is 0. The van der Waals surface area contributed by atoms with Gasteiger partial charge in [0.25, 0.3) is 0 Å².